The summed E-state index contributed by atoms with van der Waals surface area (Å²) in [4.78, 5) is 2.47. The largest absolute Gasteiger partial charge is 0.396 e. The van der Waals surface area contributed by atoms with Crippen molar-refractivity contribution in [3.05, 3.63) is 29.8 Å². The number of aliphatic hydroxyl groups excluding tert-OH is 1. The van der Waals surface area contributed by atoms with Gasteiger partial charge in [0.1, 0.15) is 0 Å². The number of rotatable bonds is 4. The first-order valence-electron chi connectivity index (χ1n) is 6.42. The van der Waals surface area contributed by atoms with Crippen molar-refractivity contribution in [2.45, 2.75) is 19.4 Å². The first kappa shape index (κ1) is 12.4. The molecule has 0 atom stereocenters. The van der Waals surface area contributed by atoms with Crippen LogP contribution >= 0.6 is 0 Å². The SMILES string of the molecule is CNc1ccccc1CN1CCC(CO)CC1. The van der Waals surface area contributed by atoms with Gasteiger partial charge in [0.25, 0.3) is 0 Å². The molecule has 1 aromatic carbocycles. The number of hydrogen-bond acceptors (Lipinski definition) is 3. The van der Waals surface area contributed by atoms with E-state index in [1.807, 2.05) is 7.05 Å². The van der Waals surface area contributed by atoms with Crippen molar-refractivity contribution >= 4 is 5.69 Å². The fourth-order valence-electron chi connectivity index (χ4n) is 2.47. The van der Waals surface area contributed by atoms with Gasteiger partial charge in [-0.2, -0.15) is 0 Å². The third kappa shape index (κ3) is 3.20. The van der Waals surface area contributed by atoms with Crippen LogP contribution in [0.25, 0.3) is 0 Å². The summed E-state index contributed by atoms with van der Waals surface area (Å²) in [6.07, 6.45) is 2.25. The van der Waals surface area contributed by atoms with E-state index in [2.05, 4.69) is 34.5 Å². The lowest BCUT2D eigenvalue weighted by Gasteiger charge is -2.31. The zero-order valence-corrected chi connectivity index (χ0v) is 10.5. The van der Waals surface area contributed by atoms with Gasteiger partial charge in [-0.05, 0) is 43.5 Å². The molecule has 2 rings (SSSR count). The smallest absolute Gasteiger partial charge is 0.0460 e. The molecule has 0 bridgehead atoms. The van der Waals surface area contributed by atoms with E-state index in [4.69, 9.17) is 5.11 Å². The highest BCUT2D eigenvalue weighted by Crippen LogP contribution is 2.21. The van der Waals surface area contributed by atoms with Gasteiger partial charge >= 0.3 is 0 Å². The highest BCUT2D eigenvalue weighted by Gasteiger charge is 2.18. The molecule has 0 spiro atoms. The number of nitrogens with one attached hydrogen (secondary N) is 1. The maximum absolute atomic E-state index is 9.12. The molecule has 0 aliphatic carbocycles. The van der Waals surface area contributed by atoms with E-state index in [9.17, 15) is 0 Å². The fourth-order valence-corrected chi connectivity index (χ4v) is 2.47. The Kier molecular flexibility index (Phi) is 4.40. The Morgan fingerprint density at radius 2 is 2.00 bits per heavy atom. The predicted octanol–water partition coefficient (Wildman–Crippen LogP) is 1.93. The lowest BCUT2D eigenvalue weighted by molar-refractivity contribution is 0.127. The van der Waals surface area contributed by atoms with Crippen LogP contribution in [0.4, 0.5) is 5.69 Å². The molecule has 3 heteroatoms. The second-order valence-electron chi connectivity index (χ2n) is 4.81. The number of likely N-dealkylation sites (tertiary alicyclic amines) is 1. The number of hydrogen-bond donors (Lipinski definition) is 2. The fraction of sp³-hybridized carbons (Fsp3) is 0.571. The zero-order chi connectivity index (χ0) is 12.1. The van der Waals surface area contributed by atoms with Crippen LogP contribution in [-0.4, -0.2) is 36.8 Å². The first-order valence-corrected chi connectivity index (χ1v) is 6.42. The quantitative estimate of drug-likeness (QED) is 0.835. The average Bonchev–Trinajstić information content (AvgIpc) is 2.40. The standard InChI is InChI=1S/C14H22N2O/c1-15-14-5-3-2-4-13(14)10-16-8-6-12(11-17)7-9-16/h2-5,12,15,17H,6-11H2,1H3. The maximum atomic E-state index is 9.12. The maximum Gasteiger partial charge on any atom is 0.0460 e. The van der Waals surface area contributed by atoms with Crippen LogP contribution in [0.3, 0.4) is 0 Å². The Bertz CT molecular complexity index is 346. The predicted molar refractivity (Wildman–Crippen MR) is 71.1 cm³/mol. The highest BCUT2D eigenvalue weighted by atomic mass is 16.3. The molecule has 1 aromatic rings. The Morgan fingerprint density at radius 3 is 2.65 bits per heavy atom. The van der Waals surface area contributed by atoms with Gasteiger partial charge in [-0.15, -0.1) is 0 Å². The zero-order valence-electron chi connectivity index (χ0n) is 10.5. The molecule has 1 heterocycles. The van der Waals surface area contributed by atoms with E-state index in [-0.39, 0.29) is 0 Å². The minimum atomic E-state index is 0.348. The molecule has 1 aliphatic rings. The summed E-state index contributed by atoms with van der Waals surface area (Å²) in [6.45, 7) is 3.56. The number of nitrogens with zero attached hydrogens (tertiary/aromatic N) is 1. The Labute approximate surface area is 103 Å². The molecule has 2 N–H and O–H groups in total. The molecule has 94 valence electrons. The van der Waals surface area contributed by atoms with Gasteiger partial charge in [-0.3, -0.25) is 4.90 Å². The minimum Gasteiger partial charge on any atom is -0.396 e. The summed E-state index contributed by atoms with van der Waals surface area (Å²) in [5.74, 6) is 0.519. The monoisotopic (exact) mass is 234 g/mol. The minimum absolute atomic E-state index is 0.348. The van der Waals surface area contributed by atoms with Crippen LogP contribution in [0.2, 0.25) is 0 Å². The van der Waals surface area contributed by atoms with Crippen molar-refractivity contribution in [2.24, 2.45) is 5.92 Å². The van der Waals surface area contributed by atoms with Crippen LogP contribution in [0.15, 0.2) is 24.3 Å². The van der Waals surface area contributed by atoms with E-state index in [1.165, 1.54) is 11.3 Å². The molecular weight excluding hydrogens is 212 g/mol. The summed E-state index contributed by atoms with van der Waals surface area (Å²) in [7, 11) is 1.97. The summed E-state index contributed by atoms with van der Waals surface area (Å²) < 4.78 is 0. The second-order valence-corrected chi connectivity index (χ2v) is 4.81. The number of para-hydroxylation sites is 1. The van der Waals surface area contributed by atoms with Gasteiger partial charge < -0.3 is 10.4 Å². The van der Waals surface area contributed by atoms with Crippen molar-refractivity contribution in [3.8, 4) is 0 Å². The summed E-state index contributed by atoms with van der Waals surface area (Å²) in [5, 5.41) is 12.4. The van der Waals surface area contributed by atoms with Crippen molar-refractivity contribution in [1.29, 1.82) is 0 Å². The summed E-state index contributed by atoms with van der Waals surface area (Å²) in [5.41, 5.74) is 2.58. The number of anilines is 1. The van der Waals surface area contributed by atoms with Crippen LogP contribution in [0, 0.1) is 5.92 Å². The lowest BCUT2D eigenvalue weighted by Crippen LogP contribution is -2.34. The second kappa shape index (κ2) is 6.03. The molecule has 1 aliphatic heterocycles. The molecule has 0 amide bonds. The van der Waals surface area contributed by atoms with E-state index in [0.29, 0.717) is 12.5 Å². The molecule has 1 fully saturated rings. The van der Waals surface area contributed by atoms with Gasteiger partial charge in [-0.25, -0.2) is 0 Å². The normalized spacial score (nSPS) is 18.2. The van der Waals surface area contributed by atoms with Gasteiger partial charge in [0.05, 0.1) is 0 Å². The first-order chi connectivity index (χ1) is 8.33. The van der Waals surface area contributed by atoms with Crippen molar-refractivity contribution in [3.63, 3.8) is 0 Å². The summed E-state index contributed by atoms with van der Waals surface area (Å²) in [6, 6.07) is 8.46. The number of benzene rings is 1. The van der Waals surface area contributed by atoms with Crippen molar-refractivity contribution in [1.82, 2.24) is 4.90 Å². The Morgan fingerprint density at radius 1 is 1.29 bits per heavy atom. The van der Waals surface area contributed by atoms with Crippen molar-refractivity contribution < 1.29 is 5.11 Å². The van der Waals surface area contributed by atoms with Gasteiger partial charge in [0.15, 0.2) is 0 Å². The van der Waals surface area contributed by atoms with Crippen molar-refractivity contribution in [2.75, 3.05) is 32.1 Å². The third-order valence-corrected chi connectivity index (χ3v) is 3.65. The lowest BCUT2D eigenvalue weighted by atomic mass is 9.97. The highest BCUT2D eigenvalue weighted by molar-refractivity contribution is 5.50. The molecule has 0 radical (unpaired) electrons. The van der Waals surface area contributed by atoms with Crippen LogP contribution in [0.1, 0.15) is 18.4 Å². The molecule has 17 heavy (non-hydrogen) atoms. The van der Waals surface area contributed by atoms with Gasteiger partial charge in [0, 0.05) is 25.9 Å². The van der Waals surface area contributed by atoms with Gasteiger partial charge in [-0.1, -0.05) is 18.2 Å². The molecule has 3 nitrogen and oxygen atoms in total. The molecular formula is C14H22N2O. The van der Waals surface area contributed by atoms with E-state index < -0.39 is 0 Å². The van der Waals surface area contributed by atoms with Crippen LogP contribution in [-0.2, 0) is 6.54 Å². The number of aliphatic hydroxyl groups is 1. The van der Waals surface area contributed by atoms with Crippen LogP contribution < -0.4 is 5.32 Å². The summed E-state index contributed by atoms with van der Waals surface area (Å²) >= 11 is 0. The Hall–Kier alpha value is -1.06. The van der Waals surface area contributed by atoms with Crippen LogP contribution in [0.5, 0.6) is 0 Å². The molecule has 1 saturated heterocycles. The molecule has 0 aromatic heterocycles. The Balaban J connectivity index is 1.93. The third-order valence-electron chi connectivity index (χ3n) is 3.65. The molecule has 0 unspecified atom stereocenters. The number of piperidine rings is 1. The van der Waals surface area contributed by atoms with Gasteiger partial charge in [0.2, 0.25) is 0 Å². The topological polar surface area (TPSA) is 35.5 Å². The van der Waals surface area contributed by atoms with E-state index in [1.54, 1.807) is 0 Å². The van der Waals surface area contributed by atoms with E-state index in [0.717, 1.165) is 32.5 Å². The molecule has 0 saturated carbocycles. The van der Waals surface area contributed by atoms with E-state index >= 15 is 0 Å². The average molecular weight is 234 g/mol.